The molecule has 1 N–H and O–H groups in total. The average molecular weight is 331 g/mol. The van der Waals surface area contributed by atoms with Crippen molar-refractivity contribution in [3.05, 3.63) is 37.9 Å². The van der Waals surface area contributed by atoms with Crippen LogP contribution in [0.3, 0.4) is 0 Å². The van der Waals surface area contributed by atoms with Crippen LogP contribution in [0.4, 0.5) is 5.69 Å². The number of carbonyl (C=O) groups excluding carboxylic acids is 1. The van der Waals surface area contributed by atoms with E-state index in [0.717, 1.165) is 25.3 Å². The van der Waals surface area contributed by atoms with E-state index < -0.39 is 4.92 Å². The van der Waals surface area contributed by atoms with E-state index >= 15 is 0 Å². The van der Waals surface area contributed by atoms with Crippen LogP contribution in [-0.4, -0.2) is 16.9 Å². The summed E-state index contributed by atoms with van der Waals surface area (Å²) in [5, 5.41) is 13.7. The van der Waals surface area contributed by atoms with Gasteiger partial charge in [-0.1, -0.05) is 43.0 Å². The first-order valence-corrected chi connectivity index (χ1v) is 7.58. The van der Waals surface area contributed by atoms with Crippen molar-refractivity contribution in [1.82, 2.24) is 5.32 Å². The van der Waals surface area contributed by atoms with Crippen LogP contribution < -0.4 is 5.32 Å². The minimum Gasteiger partial charge on any atom is -0.349 e. The normalized spacial score (nSPS) is 21.9. The number of nitro benzene ring substituents is 1. The number of nitro groups is 1. The van der Waals surface area contributed by atoms with Crippen LogP contribution in [0.2, 0.25) is 10.0 Å². The van der Waals surface area contributed by atoms with Crippen molar-refractivity contribution in [3.63, 3.8) is 0 Å². The van der Waals surface area contributed by atoms with Gasteiger partial charge < -0.3 is 5.32 Å². The second-order valence-corrected chi connectivity index (χ2v) is 6.28. The Morgan fingerprint density at radius 2 is 2.10 bits per heavy atom. The van der Waals surface area contributed by atoms with E-state index in [1.165, 1.54) is 12.5 Å². The fraction of sp³-hybridized carbons (Fsp3) is 0.500. The van der Waals surface area contributed by atoms with Gasteiger partial charge in [-0.3, -0.25) is 14.9 Å². The van der Waals surface area contributed by atoms with E-state index in [4.69, 9.17) is 23.2 Å². The summed E-state index contributed by atoms with van der Waals surface area (Å²) >= 11 is 11.6. The quantitative estimate of drug-likeness (QED) is 0.666. The van der Waals surface area contributed by atoms with Gasteiger partial charge >= 0.3 is 0 Å². The number of halogens is 2. The summed E-state index contributed by atoms with van der Waals surface area (Å²) in [5.74, 6) is 0.225. The highest BCUT2D eigenvalue weighted by atomic mass is 35.5. The number of carbonyl (C=O) groups is 1. The molecule has 5 nitrogen and oxygen atoms in total. The Bertz CT molecular complexity index is 578. The van der Waals surface area contributed by atoms with Gasteiger partial charge in [-0.2, -0.15) is 0 Å². The molecule has 1 amide bonds. The lowest BCUT2D eigenvalue weighted by Gasteiger charge is -2.27. The molecule has 0 aromatic heterocycles. The number of nitrogens with zero attached hydrogens (tertiary/aromatic N) is 1. The van der Waals surface area contributed by atoms with Gasteiger partial charge in [0.25, 0.3) is 11.6 Å². The summed E-state index contributed by atoms with van der Waals surface area (Å²) in [6.07, 6.45) is 4.10. The van der Waals surface area contributed by atoms with E-state index in [1.54, 1.807) is 0 Å². The molecule has 1 aromatic carbocycles. The van der Waals surface area contributed by atoms with Gasteiger partial charge in [0.2, 0.25) is 0 Å². The zero-order chi connectivity index (χ0) is 15.6. The van der Waals surface area contributed by atoms with E-state index in [0.29, 0.717) is 5.92 Å². The first-order valence-electron chi connectivity index (χ1n) is 6.82. The van der Waals surface area contributed by atoms with Crippen molar-refractivity contribution in [2.75, 3.05) is 0 Å². The van der Waals surface area contributed by atoms with Gasteiger partial charge in [-0.05, 0) is 24.8 Å². The Hall–Kier alpha value is -1.33. The van der Waals surface area contributed by atoms with Crippen molar-refractivity contribution in [2.45, 2.75) is 38.6 Å². The van der Waals surface area contributed by atoms with Gasteiger partial charge in [-0.25, -0.2) is 0 Å². The van der Waals surface area contributed by atoms with Gasteiger partial charge in [0.15, 0.2) is 0 Å². The van der Waals surface area contributed by atoms with Crippen LogP contribution in [0, 0.1) is 16.0 Å². The number of benzene rings is 1. The van der Waals surface area contributed by atoms with E-state index in [1.807, 2.05) is 0 Å². The zero-order valence-electron chi connectivity index (χ0n) is 11.6. The molecule has 1 fully saturated rings. The highest BCUT2D eigenvalue weighted by Crippen LogP contribution is 2.33. The van der Waals surface area contributed by atoms with Crippen molar-refractivity contribution in [1.29, 1.82) is 0 Å². The molecule has 114 valence electrons. The molecule has 0 aliphatic heterocycles. The molecule has 0 bridgehead atoms. The highest BCUT2D eigenvalue weighted by molar-refractivity contribution is 6.43. The molecule has 2 atom stereocenters. The summed E-state index contributed by atoms with van der Waals surface area (Å²) < 4.78 is 0. The molecule has 21 heavy (non-hydrogen) atoms. The molecule has 0 heterocycles. The van der Waals surface area contributed by atoms with Crippen molar-refractivity contribution >= 4 is 34.8 Å². The molecular formula is C14H16Cl2N2O3. The Balaban J connectivity index is 2.17. The predicted molar refractivity (Wildman–Crippen MR) is 82.0 cm³/mol. The fourth-order valence-corrected chi connectivity index (χ4v) is 3.06. The van der Waals surface area contributed by atoms with Crippen molar-refractivity contribution in [2.24, 2.45) is 5.92 Å². The minimum absolute atomic E-state index is 0.00743. The smallest absolute Gasteiger partial charge is 0.290 e. The molecule has 7 heteroatoms. The Kier molecular flexibility index (Phi) is 5.06. The Labute approximate surface area is 132 Å². The SMILES string of the molecule is CC1CCCC(NC(=O)c2cc(Cl)c(Cl)c([N+](=O)[O-])c2)C1. The Morgan fingerprint density at radius 1 is 1.38 bits per heavy atom. The van der Waals surface area contributed by atoms with Crippen molar-refractivity contribution < 1.29 is 9.72 Å². The number of hydrogen-bond acceptors (Lipinski definition) is 3. The third kappa shape index (κ3) is 3.86. The van der Waals surface area contributed by atoms with Crippen LogP contribution in [0.1, 0.15) is 43.0 Å². The predicted octanol–water partition coefficient (Wildman–Crippen LogP) is 4.21. The zero-order valence-corrected chi connectivity index (χ0v) is 13.1. The van der Waals surface area contributed by atoms with E-state index in [-0.39, 0.29) is 33.2 Å². The topological polar surface area (TPSA) is 72.2 Å². The number of nitrogens with one attached hydrogen (secondary N) is 1. The number of rotatable bonds is 3. The molecule has 2 rings (SSSR count). The lowest BCUT2D eigenvalue weighted by molar-refractivity contribution is -0.384. The standard InChI is InChI=1S/C14H16Cl2N2O3/c1-8-3-2-4-10(5-8)17-14(19)9-6-11(15)13(16)12(7-9)18(20)21/h6-8,10H,2-5H2,1H3,(H,17,19). The lowest BCUT2D eigenvalue weighted by atomic mass is 9.87. The van der Waals surface area contributed by atoms with E-state index in [9.17, 15) is 14.9 Å². The molecule has 0 spiro atoms. The molecular weight excluding hydrogens is 315 g/mol. The van der Waals surface area contributed by atoms with Crippen LogP contribution in [-0.2, 0) is 0 Å². The monoisotopic (exact) mass is 330 g/mol. The maximum atomic E-state index is 12.2. The summed E-state index contributed by atoms with van der Waals surface area (Å²) in [7, 11) is 0. The molecule has 2 unspecified atom stereocenters. The lowest BCUT2D eigenvalue weighted by Crippen LogP contribution is -2.38. The van der Waals surface area contributed by atoms with Gasteiger partial charge in [0, 0.05) is 17.7 Å². The molecule has 0 saturated heterocycles. The second kappa shape index (κ2) is 6.62. The highest BCUT2D eigenvalue weighted by Gasteiger charge is 2.24. The maximum absolute atomic E-state index is 12.2. The third-order valence-corrected chi connectivity index (χ3v) is 4.53. The first-order chi connectivity index (χ1) is 9.88. The fourth-order valence-electron chi connectivity index (χ4n) is 2.67. The summed E-state index contributed by atoms with van der Waals surface area (Å²) in [6.45, 7) is 2.16. The van der Waals surface area contributed by atoms with Crippen LogP contribution >= 0.6 is 23.2 Å². The van der Waals surface area contributed by atoms with Crippen molar-refractivity contribution in [3.8, 4) is 0 Å². The summed E-state index contributed by atoms with van der Waals surface area (Å²) in [6, 6.07) is 2.63. The summed E-state index contributed by atoms with van der Waals surface area (Å²) in [5.41, 5.74) is -0.194. The molecule has 1 saturated carbocycles. The maximum Gasteiger partial charge on any atom is 0.290 e. The third-order valence-electron chi connectivity index (χ3n) is 3.74. The summed E-state index contributed by atoms with van der Waals surface area (Å²) in [4.78, 5) is 22.5. The molecule has 1 aliphatic carbocycles. The van der Waals surface area contributed by atoms with Crippen LogP contribution in [0.15, 0.2) is 12.1 Å². The second-order valence-electron chi connectivity index (χ2n) is 5.49. The Morgan fingerprint density at radius 3 is 2.71 bits per heavy atom. The average Bonchev–Trinajstić information content (AvgIpc) is 2.41. The van der Waals surface area contributed by atoms with E-state index in [2.05, 4.69) is 12.2 Å². The molecule has 1 aliphatic rings. The van der Waals surface area contributed by atoms with Gasteiger partial charge in [0.1, 0.15) is 5.02 Å². The first kappa shape index (κ1) is 16.0. The number of amides is 1. The van der Waals surface area contributed by atoms with Crippen LogP contribution in [0.25, 0.3) is 0 Å². The van der Waals surface area contributed by atoms with Gasteiger partial charge in [-0.15, -0.1) is 0 Å². The minimum atomic E-state index is -0.645. The number of hydrogen-bond donors (Lipinski definition) is 1. The van der Waals surface area contributed by atoms with Gasteiger partial charge in [0.05, 0.1) is 9.95 Å². The molecule has 0 radical (unpaired) electrons. The largest absolute Gasteiger partial charge is 0.349 e. The molecule has 1 aromatic rings. The van der Waals surface area contributed by atoms with Crippen LogP contribution in [0.5, 0.6) is 0 Å².